The van der Waals surface area contributed by atoms with Gasteiger partial charge < -0.3 is 5.32 Å². The Morgan fingerprint density at radius 3 is 2.16 bits per heavy atom. The summed E-state index contributed by atoms with van der Waals surface area (Å²) in [5, 5.41) is 4.62. The average Bonchev–Trinajstić information content (AvgIpc) is 2.37. The normalized spacial score (nSPS) is 10.8. The van der Waals surface area contributed by atoms with E-state index in [1.807, 2.05) is 13.8 Å². The molecule has 0 unspecified atom stereocenters. The highest BCUT2D eigenvalue weighted by atomic mass is 79.9. The summed E-state index contributed by atoms with van der Waals surface area (Å²) < 4.78 is 0. The van der Waals surface area contributed by atoms with Crippen LogP contribution < -0.4 is 5.32 Å². The van der Waals surface area contributed by atoms with Crippen molar-refractivity contribution in [1.29, 1.82) is 0 Å². The largest absolute Gasteiger partial charge is 0.353 e. The number of nitrogens with one attached hydrogen (secondary N) is 1. The minimum atomic E-state index is 0.109. The number of halogens is 2. The summed E-state index contributed by atoms with van der Waals surface area (Å²) in [6, 6.07) is 6.77. The third kappa shape index (κ3) is 6.82. The summed E-state index contributed by atoms with van der Waals surface area (Å²) in [4.78, 5) is 11.5. The molecular formula is C14H19Br2NOS. The van der Waals surface area contributed by atoms with Gasteiger partial charge in [0.2, 0.25) is 5.91 Å². The number of hydrogen-bond donors (Lipinski definition) is 1. The Morgan fingerprint density at radius 2 is 1.68 bits per heavy atom. The van der Waals surface area contributed by atoms with Crippen molar-refractivity contribution in [3.8, 4) is 0 Å². The first-order valence-electron chi connectivity index (χ1n) is 6.16. The Bertz CT molecular complexity index is 402. The van der Waals surface area contributed by atoms with Gasteiger partial charge in [-0.25, -0.2) is 0 Å². The van der Waals surface area contributed by atoms with Crippen molar-refractivity contribution >= 4 is 49.5 Å². The quantitative estimate of drug-likeness (QED) is 0.683. The number of carbonyl (C=O) groups excluding carboxylic acids is 1. The number of amides is 1. The molecule has 0 spiro atoms. The van der Waals surface area contributed by atoms with Crippen LogP contribution in [0.1, 0.15) is 30.5 Å². The summed E-state index contributed by atoms with van der Waals surface area (Å²) in [7, 11) is 0. The maximum Gasteiger partial charge on any atom is 0.230 e. The maximum absolute atomic E-state index is 11.5. The molecule has 0 bridgehead atoms. The second-order valence-electron chi connectivity index (χ2n) is 4.64. The SMILES string of the molecule is CC(C)NC(=O)CSCc1cc(CBr)cc(CBr)c1. The molecule has 0 atom stereocenters. The zero-order chi connectivity index (χ0) is 14.3. The van der Waals surface area contributed by atoms with Crippen LogP contribution in [0.4, 0.5) is 0 Å². The summed E-state index contributed by atoms with van der Waals surface area (Å²) in [6.45, 7) is 3.95. The van der Waals surface area contributed by atoms with Gasteiger partial charge in [-0.3, -0.25) is 4.79 Å². The fourth-order valence-corrected chi connectivity index (χ4v) is 3.12. The predicted octanol–water partition coefficient (Wildman–Crippen LogP) is 4.23. The molecular weight excluding hydrogens is 390 g/mol. The van der Waals surface area contributed by atoms with Crippen molar-refractivity contribution in [2.24, 2.45) is 0 Å². The van der Waals surface area contributed by atoms with Gasteiger partial charge in [0.1, 0.15) is 0 Å². The van der Waals surface area contributed by atoms with Crippen molar-refractivity contribution < 1.29 is 4.79 Å². The molecule has 1 aromatic carbocycles. The zero-order valence-electron chi connectivity index (χ0n) is 11.2. The highest BCUT2D eigenvalue weighted by molar-refractivity contribution is 9.08. The van der Waals surface area contributed by atoms with Crippen LogP contribution >= 0.6 is 43.6 Å². The van der Waals surface area contributed by atoms with E-state index in [0.717, 1.165) is 16.4 Å². The average molecular weight is 409 g/mol. The molecule has 1 amide bonds. The summed E-state index contributed by atoms with van der Waals surface area (Å²) >= 11 is 8.63. The lowest BCUT2D eigenvalue weighted by Gasteiger charge is -2.09. The first-order chi connectivity index (χ1) is 9.05. The maximum atomic E-state index is 11.5. The highest BCUT2D eigenvalue weighted by Crippen LogP contribution is 2.19. The van der Waals surface area contributed by atoms with E-state index in [2.05, 4.69) is 55.4 Å². The van der Waals surface area contributed by atoms with Crippen LogP contribution in [0.25, 0.3) is 0 Å². The molecule has 1 rings (SSSR count). The van der Waals surface area contributed by atoms with Crippen molar-refractivity contribution in [2.75, 3.05) is 5.75 Å². The molecule has 0 aliphatic heterocycles. The molecule has 1 N–H and O–H groups in total. The first-order valence-corrected chi connectivity index (χ1v) is 9.55. The fourth-order valence-electron chi connectivity index (χ4n) is 1.70. The molecule has 0 saturated carbocycles. The van der Waals surface area contributed by atoms with E-state index >= 15 is 0 Å². The Hall–Kier alpha value is -0.000000000000000111. The zero-order valence-corrected chi connectivity index (χ0v) is 15.2. The first kappa shape index (κ1) is 17.1. The van der Waals surface area contributed by atoms with E-state index in [4.69, 9.17) is 0 Å². The van der Waals surface area contributed by atoms with Crippen LogP contribution in [0.5, 0.6) is 0 Å². The van der Waals surface area contributed by atoms with E-state index in [1.165, 1.54) is 16.7 Å². The van der Waals surface area contributed by atoms with Crippen molar-refractivity contribution in [1.82, 2.24) is 5.32 Å². The van der Waals surface area contributed by atoms with Gasteiger partial charge in [-0.1, -0.05) is 50.1 Å². The molecule has 0 saturated heterocycles. The molecule has 106 valence electrons. The smallest absolute Gasteiger partial charge is 0.230 e. The van der Waals surface area contributed by atoms with E-state index in [-0.39, 0.29) is 11.9 Å². The lowest BCUT2D eigenvalue weighted by Crippen LogP contribution is -2.31. The van der Waals surface area contributed by atoms with Crippen LogP contribution in [-0.4, -0.2) is 17.7 Å². The van der Waals surface area contributed by atoms with Crippen molar-refractivity contribution in [3.63, 3.8) is 0 Å². The molecule has 0 heterocycles. The van der Waals surface area contributed by atoms with Crippen LogP contribution in [0, 0.1) is 0 Å². The van der Waals surface area contributed by atoms with Gasteiger partial charge in [0.15, 0.2) is 0 Å². The van der Waals surface area contributed by atoms with E-state index in [1.54, 1.807) is 11.8 Å². The van der Waals surface area contributed by atoms with Gasteiger partial charge >= 0.3 is 0 Å². The number of alkyl halides is 2. The molecule has 2 nitrogen and oxygen atoms in total. The molecule has 0 radical (unpaired) electrons. The molecule has 0 fully saturated rings. The molecule has 0 aromatic heterocycles. The number of rotatable bonds is 7. The van der Waals surface area contributed by atoms with Crippen LogP contribution in [-0.2, 0) is 21.2 Å². The Labute approximate surface area is 136 Å². The Kier molecular flexibility index (Phi) is 8.11. The third-order valence-electron chi connectivity index (χ3n) is 2.37. The van der Waals surface area contributed by atoms with Crippen LogP contribution in [0.2, 0.25) is 0 Å². The van der Waals surface area contributed by atoms with Gasteiger partial charge in [-0.2, -0.15) is 0 Å². The number of thioether (sulfide) groups is 1. The lowest BCUT2D eigenvalue weighted by atomic mass is 10.1. The van der Waals surface area contributed by atoms with Gasteiger partial charge in [0.05, 0.1) is 5.75 Å². The Morgan fingerprint density at radius 1 is 1.16 bits per heavy atom. The standard InChI is InChI=1S/C14H19Br2NOS/c1-10(2)17-14(18)9-19-8-13-4-11(6-15)3-12(5-13)7-16/h3-5,10H,6-9H2,1-2H3,(H,17,18). The lowest BCUT2D eigenvalue weighted by molar-refractivity contribution is -0.119. The second kappa shape index (κ2) is 9.03. The molecule has 0 aliphatic rings. The molecule has 0 aliphatic carbocycles. The minimum Gasteiger partial charge on any atom is -0.353 e. The highest BCUT2D eigenvalue weighted by Gasteiger charge is 2.05. The van der Waals surface area contributed by atoms with Crippen LogP contribution in [0.15, 0.2) is 18.2 Å². The topological polar surface area (TPSA) is 29.1 Å². The van der Waals surface area contributed by atoms with E-state index in [9.17, 15) is 4.79 Å². The van der Waals surface area contributed by atoms with Gasteiger partial charge in [-0.15, -0.1) is 11.8 Å². The number of benzene rings is 1. The van der Waals surface area contributed by atoms with E-state index < -0.39 is 0 Å². The van der Waals surface area contributed by atoms with Crippen molar-refractivity contribution in [2.45, 2.75) is 36.3 Å². The third-order valence-corrected chi connectivity index (χ3v) is 4.67. The summed E-state index contributed by atoms with van der Waals surface area (Å²) in [6.07, 6.45) is 0. The van der Waals surface area contributed by atoms with Crippen molar-refractivity contribution in [3.05, 3.63) is 34.9 Å². The minimum absolute atomic E-state index is 0.109. The van der Waals surface area contributed by atoms with E-state index in [0.29, 0.717) is 5.75 Å². The molecule has 1 aromatic rings. The second-order valence-corrected chi connectivity index (χ2v) is 6.75. The van der Waals surface area contributed by atoms with Gasteiger partial charge in [-0.05, 0) is 30.5 Å². The van der Waals surface area contributed by atoms with Crippen LogP contribution in [0.3, 0.4) is 0 Å². The Balaban J connectivity index is 2.50. The fraction of sp³-hybridized carbons (Fsp3) is 0.500. The number of carbonyl (C=O) groups is 1. The molecule has 5 heteroatoms. The summed E-state index contributed by atoms with van der Waals surface area (Å²) in [5.74, 6) is 1.49. The monoisotopic (exact) mass is 407 g/mol. The number of hydrogen-bond acceptors (Lipinski definition) is 2. The van der Waals surface area contributed by atoms with Gasteiger partial charge in [0.25, 0.3) is 0 Å². The predicted molar refractivity (Wildman–Crippen MR) is 91.1 cm³/mol. The molecule has 19 heavy (non-hydrogen) atoms. The van der Waals surface area contributed by atoms with Gasteiger partial charge in [0, 0.05) is 22.5 Å². The summed E-state index contributed by atoms with van der Waals surface area (Å²) in [5.41, 5.74) is 3.83.